The molecule has 0 bridgehead atoms. The number of aliphatic carboxylic acids is 2. The Morgan fingerprint density at radius 3 is 2.35 bits per heavy atom. The first kappa shape index (κ1) is 23.6. The van der Waals surface area contributed by atoms with Crippen LogP contribution >= 0.6 is 23.2 Å². The van der Waals surface area contributed by atoms with Gasteiger partial charge in [0.1, 0.15) is 11.7 Å². The zero-order valence-electron chi connectivity index (χ0n) is 17.1. The number of fused-ring (bicyclic) bond motifs is 1. The van der Waals surface area contributed by atoms with E-state index in [9.17, 15) is 24.6 Å². The molecule has 0 heterocycles. The summed E-state index contributed by atoms with van der Waals surface area (Å²) < 4.78 is 11.1. The molecule has 3 rings (SSSR count). The van der Waals surface area contributed by atoms with Crippen LogP contribution in [-0.2, 0) is 25.7 Å². The minimum Gasteiger partial charge on any atom is -0.481 e. The predicted molar refractivity (Wildman–Crippen MR) is 111 cm³/mol. The van der Waals surface area contributed by atoms with Crippen LogP contribution in [0.25, 0.3) is 0 Å². The molecule has 0 aromatic heterocycles. The molecule has 0 spiro atoms. The first-order valence-electron chi connectivity index (χ1n) is 9.58. The summed E-state index contributed by atoms with van der Waals surface area (Å²) in [5.74, 6) is -5.23. The van der Waals surface area contributed by atoms with E-state index in [1.807, 2.05) is 0 Å². The number of nitrogens with two attached hydrogens (primary N) is 1. The molecule has 170 valence electrons. The molecule has 5 N–H and O–H groups in total. The van der Waals surface area contributed by atoms with E-state index in [1.54, 1.807) is 39.0 Å². The average molecular weight is 475 g/mol. The van der Waals surface area contributed by atoms with Crippen LogP contribution in [0.3, 0.4) is 0 Å². The molecule has 2 fully saturated rings. The molecule has 2 aliphatic carbocycles. The Bertz CT molecular complexity index is 919. The van der Waals surface area contributed by atoms with Crippen molar-refractivity contribution in [2.24, 2.45) is 23.5 Å². The number of rotatable bonds is 6. The quantitative estimate of drug-likeness (QED) is 0.491. The van der Waals surface area contributed by atoms with Crippen molar-refractivity contribution in [1.82, 2.24) is 5.32 Å². The van der Waals surface area contributed by atoms with Crippen molar-refractivity contribution in [3.8, 4) is 0 Å². The lowest BCUT2D eigenvalue weighted by Crippen LogP contribution is -2.66. The molecule has 0 aliphatic heterocycles. The number of benzene rings is 1. The van der Waals surface area contributed by atoms with Crippen LogP contribution in [0.4, 0.5) is 4.79 Å². The van der Waals surface area contributed by atoms with Crippen molar-refractivity contribution in [1.29, 1.82) is 0 Å². The van der Waals surface area contributed by atoms with Crippen LogP contribution in [0.1, 0.15) is 26.3 Å². The summed E-state index contributed by atoms with van der Waals surface area (Å²) in [4.78, 5) is 36.6. The van der Waals surface area contributed by atoms with Gasteiger partial charge in [0.05, 0.1) is 22.6 Å². The molecule has 0 unspecified atom stereocenters. The predicted octanol–water partition coefficient (Wildman–Crippen LogP) is 2.51. The first-order valence-corrected chi connectivity index (χ1v) is 10.3. The van der Waals surface area contributed by atoms with Gasteiger partial charge in [-0.2, -0.15) is 0 Å². The second-order valence-electron chi connectivity index (χ2n) is 8.83. The Morgan fingerprint density at radius 1 is 1.19 bits per heavy atom. The van der Waals surface area contributed by atoms with Crippen LogP contribution < -0.4 is 11.1 Å². The lowest BCUT2D eigenvalue weighted by Gasteiger charge is -2.37. The highest BCUT2D eigenvalue weighted by Gasteiger charge is 2.80. The first-order chi connectivity index (χ1) is 14.3. The number of amides is 1. The molecule has 0 saturated heterocycles. The number of alkyl carbamates (subject to hydrolysis) is 1. The molecule has 2 saturated carbocycles. The van der Waals surface area contributed by atoms with E-state index >= 15 is 0 Å². The number of carboxylic acids is 2. The summed E-state index contributed by atoms with van der Waals surface area (Å²) in [6.45, 7) is 4.80. The molecule has 1 aromatic carbocycles. The van der Waals surface area contributed by atoms with Crippen LogP contribution in [0.15, 0.2) is 18.2 Å². The average Bonchev–Trinajstić information content (AvgIpc) is 3.32. The maximum absolute atomic E-state index is 12.5. The zero-order valence-corrected chi connectivity index (χ0v) is 18.6. The third kappa shape index (κ3) is 4.32. The van der Waals surface area contributed by atoms with E-state index in [2.05, 4.69) is 5.32 Å². The van der Waals surface area contributed by atoms with Gasteiger partial charge in [-0.1, -0.05) is 29.3 Å². The third-order valence-corrected chi connectivity index (χ3v) is 6.34. The lowest BCUT2D eigenvalue weighted by molar-refractivity contribution is -0.156. The van der Waals surface area contributed by atoms with Gasteiger partial charge >= 0.3 is 18.0 Å². The fraction of sp³-hybridized carbons (Fsp3) is 0.550. The van der Waals surface area contributed by atoms with Gasteiger partial charge < -0.3 is 30.7 Å². The largest absolute Gasteiger partial charge is 0.481 e. The summed E-state index contributed by atoms with van der Waals surface area (Å²) in [5, 5.41) is 22.7. The minimum atomic E-state index is -2.06. The van der Waals surface area contributed by atoms with E-state index in [-0.39, 0.29) is 6.61 Å². The Morgan fingerprint density at radius 2 is 1.84 bits per heavy atom. The SMILES string of the molecule is CC(C)(C)OC(=O)N[C@]1(C(=O)O)[C@@H]2[C@@H](C(=O)O)[C@@H]2[C@H](N)[C@H]1OCc1ccc(Cl)c(Cl)c1. The Hall–Kier alpha value is -2.07. The van der Waals surface area contributed by atoms with Crippen LogP contribution in [0.5, 0.6) is 0 Å². The summed E-state index contributed by atoms with van der Waals surface area (Å²) in [7, 11) is 0. The molecular weight excluding hydrogens is 451 g/mol. The molecule has 2 aliphatic rings. The van der Waals surface area contributed by atoms with Gasteiger partial charge in [0.15, 0.2) is 5.54 Å². The van der Waals surface area contributed by atoms with Gasteiger partial charge in [-0.25, -0.2) is 9.59 Å². The van der Waals surface area contributed by atoms with Gasteiger partial charge in [-0.15, -0.1) is 0 Å². The topological polar surface area (TPSA) is 148 Å². The number of halogens is 2. The van der Waals surface area contributed by atoms with Crippen molar-refractivity contribution in [3.05, 3.63) is 33.8 Å². The second kappa shape index (κ2) is 8.12. The molecule has 9 nitrogen and oxygen atoms in total. The van der Waals surface area contributed by atoms with Gasteiger partial charge in [-0.05, 0) is 44.4 Å². The number of nitrogens with one attached hydrogen (secondary N) is 1. The smallest absolute Gasteiger partial charge is 0.408 e. The standard InChI is InChI=1S/C20H24Cl2N2O7/c1-19(2,3)31-18(29)24-20(17(27)28)13-11(12(13)16(25)26)14(23)15(20)30-7-8-4-5-9(21)10(22)6-8/h4-6,11-15H,7,23H2,1-3H3,(H,24,29)(H,25,26)(H,27,28)/t11-,12-,13-,14-,15+,20+/m0/s1. The maximum atomic E-state index is 12.5. The number of ether oxygens (including phenoxy) is 2. The summed E-state index contributed by atoms with van der Waals surface area (Å²) in [5.41, 5.74) is 3.88. The van der Waals surface area contributed by atoms with Gasteiger partial charge in [-0.3, -0.25) is 4.79 Å². The number of carboxylic acid groups (broad SMARTS) is 2. The molecule has 1 amide bonds. The number of hydrogen-bond acceptors (Lipinski definition) is 6. The van der Waals surface area contributed by atoms with E-state index in [0.717, 1.165) is 0 Å². The monoisotopic (exact) mass is 474 g/mol. The Labute approximate surface area is 188 Å². The van der Waals surface area contributed by atoms with Crippen molar-refractivity contribution >= 4 is 41.2 Å². The van der Waals surface area contributed by atoms with Gasteiger partial charge in [0, 0.05) is 12.0 Å². The maximum Gasteiger partial charge on any atom is 0.408 e. The molecule has 1 aromatic rings. The molecule has 31 heavy (non-hydrogen) atoms. The normalized spacial score (nSPS) is 31.6. The van der Waals surface area contributed by atoms with E-state index in [1.165, 1.54) is 0 Å². The van der Waals surface area contributed by atoms with Crippen LogP contribution in [-0.4, -0.2) is 51.5 Å². The van der Waals surface area contributed by atoms with Gasteiger partial charge in [0.2, 0.25) is 0 Å². The van der Waals surface area contributed by atoms with Crippen molar-refractivity contribution in [3.63, 3.8) is 0 Å². The lowest BCUT2D eigenvalue weighted by atomic mass is 9.86. The van der Waals surface area contributed by atoms with E-state index in [4.69, 9.17) is 38.4 Å². The molecule has 6 atom stereocenters. The summed E-state index contributed by atoms with van der Waals surface area (Å²) in [6, 6.07) is 3.85. The van der Waals surface area contributed by atoms with Crippen LogP contribution in [0, 0.1) is 17.8 Å². The zero-order chi connectivity index (χ0) is 23.3. The number of carbonyl (C=O) groups is 3. The summed E-state index contributed by atoms with van der Waals surface area (Å²) in [6.07, 6.45) is -2.19. The van der Waals surface area contributed by atoms with Gasteiger partial charge in [0.25, 0.3) is 0 Å². The third-order valence-electron chi connectivity index (χ3n) is 5.60. The Kier molecular flexibility index (Phi) is 6.18. The second-order valence-corrected chi connectivity index (χ2v) is 9.64. The fourth-order valence-electron chi connectivity index (χ4n) is 4.42. The van der Waals surface area contributed by atoms with Crippen LogP contribution in [0.2, 0.25) is 10.0 Å². The number of hydrogen-bond donors (Lipinski definition) is 4. The van der Waals surface area contributed by atoms with Crippen molar-refractivity contribution in [2.45, 2.75) is 50.7 Å². The van der Waals surface area contributed by atoms with Crippen molar-refractivity contribution < 1.29 is 34.1 Å². The van der Waals surface area contributed by atoms with E-state index < -0.39 is 59.1 Å². The minimum absolute atomic E-state index is 0.0720. The fourth-order valence-corrected chi connectivity index (χ4v) is 4.74. The number of carbonyl (C=O) groups excluding carboxylic acids is 1. The van der Waals surface area contributed by atoms with Crippen molar-refractivity contribution in [2.75, 3.05) is 0 Å². The highest BCUT2D eigenvalue weighted by molar-refractivity contribution is 6.42. The molecule has 11 heteroatoms. The summed E-state index contributed by atoms with van der Waals surface area (Å²) >= 11 is 11.9. The highest BCUT2D eigenvalue weighted by atomic mass is 35.5. The van der Waals surface area contributed by atoms with E-state index in [0.29, 0.717) is 15.6 Å². The highest BCUT2D eigenvalue weighted by Crippen LogP contribution is 2.62. The molecular formula is C20H24Cl2N2O7. The Balaban J connectivity index is 1.91. The molecule has 0 radical (unpaired) electrons.